The number of fused-ring (bicyclic) bond motifs is 1. The molecule has 0 bridgehead atoms. The van der Waals surface area contributed by atoms with Crippen molar-refractivity contribution in [1.29, 1.82) is 0 Å². The summed E-state index contributed by atoms with van der Waals surface area (Å²) in [4.78, 5) is 23.9. The van der Waals surface area contributed by atoms with Gasteiger partial charge in [0, 0.05) is 17.0 Å². The Balaban J connectivity index is 1.62. The van der Waals surface area contributed by atoms with E-state index < -0.39 is 0 Å². The molecule has 0 aliphatic rings. The molecule has 4 rings (SSSR count). The number of furan rings is 2. The van der Waals surface area contributed by atoms with Gasteiger partial charge in [0.05, 0.1) is 32.0 Å². The van der Waals surface area contributed by atoms with Crippen LogP contribution in [0.5, 0.6) is 0 Å². The van der Waals surface area contributed by atoms with Crippen molar-refractivity contribution in [3.63, 3.8) is 0 Å². The second-order valence-electron chi connectivity index (χ2n) is 6.66. The van der Waals surface area contributed by atoms with Gasteiger partial charge in [0.15, 0.2) is 0 Å². The summed E-state index contributed by atoms with van der Waals surface area (Å²) < 4.78 is 12.6. The van der Waals surface area contributed by atoms with E-state index in [2.05, 4.69) is 15.1 Å². The van der Waals surface area contributed by atoms with Crippen molar-refractivity contribution in [2.24, 2.45) is 0 Å². The lowest BCUT2D eigenvalue weighted by atomic mass is 10.1. The fourth-order valence-corrected chi connectivity index (χ4v) is 3.55. The molecule has 0 unspecified atom stereocenters. The van der Waals surface area contributed by atoms with Gasteiger partial charge in [-0.05, 0) is 44.4 Å². The fraction of sp³-hybridized carbons (Fsp3) is 0.300. The molecule has 1 amide bonds. The van der Waals surface area contributed by atoms with Crippen molar-refractivity contribution < 1.29 is 13.6 Å². The van der Waals surface area contributed by atoms with Gasteiger partial charge in [-0.1, -0.05) is 11.8 Å². The summed E-state index contributed by atoms with van der Waals surface area (Å²) in [6.45, 7) is 4.55. The van der Waals surface area contributed by atoms with Crippen molar-refractivity contribution >= 4 is 23.4 Å². The molecular formula is C20H21N5O3S. The average molecular weight is 411 g/mol. The van der Waals surface area contributed by atoms with Crippen LogP contribution in [0.2, 0.25) is 0 Å². The summed E-state index contributed by atoms with van der Waals surface area (Å²) in [6, 6.07) is 7.33. The summed E-state index contributed by atoms with van der Waals surface area (Å²) in [6.07, 6.45) is 5.33. The van der Waals surface area contributed by atoms with Gasteiger partial charge in [0.1, 0.15) is 11.5 Å². The average Bonchev–Trinajstić information content (AvgIpc) is 3.46. The van der Waals surface area contributed by atoms with Gasteiger partial charge in [-0.2, -0.15) is 4.98 Å². The van der Waals surface area contributed by atoms with Crippen molar-refractivity contribution in [3.8, 4) is 0 Å². The lowest BCUT2D eigenvalue weighted by molar-refractivity contribution is -0.132. The number of nitrogens with zero attached hydrogens (tertiary/aromatic N) is 5. The third kappa shape index (κ3) is 4.04. The zero-order chi connectivity index (χ0) is 20.4. The molecule has 0 aliphatic carbocycles. The highest BCUT2D eigenvalue weighted by atomic mass is 32.2. The molecule has 4 aromatic heterocycles. The Morgan fingerprint density at radius 1 is 1.10 bits per heavy atom. The third-order valence-electron chi connectivity index (χ3n) is 4.75. The van der Waals surface area contributed by atoms with Crippen LogP contribution in [0.15, 0.2) is 50.8 Å². The van der Waals surface area contributed by atoms with Gasteiger partial charge >= 0.3 is 0 Å². The maximum absolute atomic E-state index is 13.2. The minimum absolute atomic E-state index is 0.0460. The maximum atomic E-state index is 13.2. The summed E-state index contributed by atoms with van der Waals surface area (Å²) >= 11 is 1.46. The largest absolute Gasteiger partial charge is 0.467 e. The van der Waals surface area contributed by atoms with Crippen molar-refractivity contribution in [1.82, 2.24) is 24.5 Å². The van der Waals surface area contributed by atoms with Crippen molar-refractivity contribution in [3.05, 3.63) is 65.3 Å². The molecule has 150 valence electrons. The summed E-state index contributed by atoms with van der Waals surface area (Å²) in [5.41, 5.74) is 2.49. The van der Waals surface area contributed by atoms with Crippen molar-refractivity contribution in [2.75, 3.05) is 6.26 Å². The van der Waals surface area contributed by atoms with Crippen LogP contribution in [-0.2, 0) is 24.3 Å². The number of carbonyl (C=O) groups is 1. The number of hydrogen-bond acceptors (Lipinski definition) is 7. The first kappa shape index (κ1) is 19.3. The Morgan fingerprint density at radius 2 is 1.76 bits per heavy atom. The lowest BCUT2D eigenvalue weighted by Gasteiger charge is -2.21. The monoisotopic (exact) mass is 411 g/mol. The van der Waals surface area contributed by atoms with Crippen LogP contribution in [0.25, 0.3) is 5.78 Å². The topological polar surface area (TPSA) is 89.7 Å². The van der Waals surface area contributed by atoms with E-state index >= 15 is 0 Å². The smallest absolute Gasteiger partial charge is 0.253 e. The van der Waals surface area contributed by atoms with Gasteiger partial charge in [-0.15, -0.1) is 5.10 Å². The lowest BCUT2D eigenvalue weighted by Crippen LogP contribution is -2.31. The standard InChI is InChI=1S/C20H21N5O3S/c1-13-17(14(2)25-19(21-13)22-20(23-25)29-3)10-18(26)24(11-15-6-4-8-27-15)12-16-7-5-9-28-16/h4-9H,10-12H2,1-3H3. The Kier molecular flexibility index (Phi) is 5.39. The van der Waals surface area contributed by atoms with Crippen LogP contribution in [0.3, 0.4) is 0 Å². The highest BCUT2D eigenvalue weighted by Gasteiger charge is 2.21. The van der Waals surface area contributed by atoms with Crippen LogP contribution < -0.4 is 0 Å². The van der Waals surface area contributed by atoms with Crippen LogP contribution >= 0.6 is 11.8 Å². The number of rotatable bonds is 7. The number of amides is 1. The van der Waals surface area contributed by atoms with E-state index in [1.165, 1.54) is 11.8 Å². The molecular weight excluding hydrogens is 390 g/mol. The summed E-state index contributed by atoms with van der Waals surface area (Å²) in [5, 5.41) is 5.11. The van der Waals surface area contributed by atoms with Crippen LogP contribution in [0.4, 0.5) is 0 Å². The predicted molar refractivity (Wildman–Crippen MR) is 107 cm³/mol. The number of aromatic nitrogens is 4. The zero-order valence-corrected chi connectivity index (χ0v) is 17.3. The van der Waals surface area contributed by atoms with Crippen LogP contribution in [0, 0.1) is 13.8 Å². The van der Waals surface area contributed by atoms with Gasteiger partial charge < -0.3 is 13.7 Å². The molecule has 0 spiro atoms. The Bertz CT molecular complexity index is 1080. The Labute approximate surface area is 171 Å². The quantitative estimate of drug-likeness (QED) is 0.430. The van der Waals surface area contributed by atoms with E-state index in [-0.39, 0.29) is 12.3 Å². The van der Waals surface area contributed by atoms with E-state index in [1.54, 1.807) is 21.9 Å². The van der Waals surface area contributed by atoms with E-state index in [0.717, 1.165) is 17.0 Å². The highest BCUT2D eigenvalue weighted by Crippen LogP contribution is 2.19. The number of thioether (sulfide) groups is 1. The van der Waals surface area contributed by atoms with E-state index in [1.807, 2.05) is 44.4 Å². The Hall–Kier alpha value is -3.07. The number of aryl methyl sites for hydroxylation is 2. The zero-order valence-electron chi connectivity index (χ0n) is 16.5. The highest BCUT2D eigenvalue weighted by molar-refractivity contribution is 7.98. The van der Waals surface area contributed by atoms with Crippen LogP contribution in [-0.4, -0.2) is 36.6 Å². The molecule has 0 N–H and O–H groups in total. The molecule has 0 aromatic carbocycles. The molecule has 4 heterocycles. The molecule has 0 saturated heterocycles. The van der Waals surface area contributed by atoms with E-state index in [0.29, 0.717) is 35.5 Å². The SMILES string of the molecule is CSc1nc2nc(C)c(CC(=O)N(Cc3ccco3)Cc3ccco3)c(C)n2n1. The van der Waals surface area contributed by atoms with Gasteiger partial charge in [0.2, 0.25) is 11.1 Å². The number of carbonyl (C=O) groups excluding carboxylic acids is 1. The summed E-state index contributed by atoms with van der Waals surface area (Å²) in [5.74, 6) is 1.93. The van der Waals surface area contributed by atoms with Gasteiger partial charge in [-0.3, -0.25) is 4.79 Å². The first-order valence-corrected chi connectivity index (χ1v) is 10.4. The Morgan fingerprint density at radius 3 is 2.31 bits per heavy atom. The first-order valence-electron chi connectivity index (χ1n) is 9.14. The maximum Gasteiger partial charge on any atom is 0.253 e. The fourth-order valence-electron chi connectivity index (χ4n) is 3.21. The molecule has 4 aromatic rings. The second-order valence-corrected chi connectivity index (χ2v) is 7.43. The minimum atomic E-state index is -0.0460. The normalized spacial score (nSPS) is 11.3. The van der Waals surface area contributed by atoms with Gasteiger partial charge in [0.25, 0.3) is 5.78 Å². The third-order valence-corrected chi connectivity index (χ3v) is 5.28. The second kappa shape index (κ2) is 8.12. The predicted octanol–water partition coefficient (Wildman–Crippen LogP) is 3.42. The molecule has 0 radical (unpaired) electrons. The summed E-state index contributed by atoms with van der Waals surface area (Å²) in [7, 11) is 0. The van der Waals surface area contributed by atoms with Crippen molar-refractivity contribution in [2.45, 2.75) is 38.5 Å². The van der Waals surface area contributed by atoms with Gasteiger partial charge in [-0.25, -0.2) is 9.50 Å². The molecule has 8 nitrogen and oxygen atoms in total. The van der Waals surface area contributed by atoms with Crippen LogP contribution in [0.1, 0.15) is 28.5 Å². The molecule has 0 aliphatic heterocycles. The van der Waals surface area contributed by atoms with E-state index in [4.69, 9.17) is 8.83 Å². The molecule has 0 fully saturated rings. The minimum Gasteiger partial charge on any atom is -0.467 e. The van der Waals surface area contributed by atoms with E-state index in [9.17, 15) is 4.79 Å². The molecule has 9 heteroatoms. The number of hydrogen-bond donors (Lipinski definition) is 0. The first-order chi connectivity index (χ1) is 14.0. The molecule has 29 heavy (non-hydrogen) atoms. The molecule has 0 atom stereocenters. The molecule has 0 saturated carbocycles.